The summed E-state index contributed by atoms with van der Waals surface area (Å²) in [6.07, 6.45) is 0. The highest BCUT2D eigenvalue weighted by Crippen LogP contribution is 2.31. The Kier molecular flexibility index (Phi) is 4.41. The number of para-hydroxylation sites is 1. The molecule has 0 atom stereocenters. The van der Waals surface area contributed by atoms with Crippen LogP contribution in [0.25, 0.3) is 0 Å². The van der Waals surface area contributed by atoms with E-state index in [2.05, 4.69) is 0 Å². The topological polar surface area (TPSA) is 52.4 Å². The van der Waals surface area contributed by atoms with E-state index in [1.807, 2.05) is 30.3 Å². The average molecular weight is 275 g/mol. The second-order valence-corrected chi connectivity index (χ2v) is 4.88. The highest BCUT2D eigenvalue weighted by Gasteiger charge is 2.12. The standard InChI is InChI=1S/C14H13NO3S/c1-18-12-8-6-11(7-9-12)10-19-14-5-3-2-4-13(14)15(16)17/h2-9H,10H2,1H3. The Bertz CT molecular complexity index is 569. The molecule has 0 N–H and O–H groups in total. The maximum Gasteiger partial charge on any atom is 0.282 e. The fourth-order valence-electron chi connectivity index (χ4n) is 1.61. The zero-order valence-corrected chi connectivity index (χ0v) is 11.2. The van der Waals surface area contributed by atoms with Crippen LogP contribution in [0.4, 0.5) is 5.69 Å². The smallest absolute Gasteiger partial charge is 0.282 e. The third-order valence-electron chi connectivity index (χ3n) is 2.62. The van der Waals surface area contributed by atoms with E-state index in [-0.39, 0.29) is 10.6 Å². The molecule has 0 aliphatic carbocycles. The van der Waals surface area contributed by atoms with Gasteiger partial charge < -0.3 is 4.74 Å². The molecule has 98 valence electrons. The van der Waals surface area contributed by atoms with Crippen molar-refractivity contribution in [1.82, 2.24) is 0 Å². The summed E-state index contributed by atoms with van der Waals surface area (Å²) >= 11 is 1.46. The monoisotopic (exact) mass is 275 g/mol. The van der Waals surface area contributed by atoms with Gasteiger partial charge in [0.05, 0.1) is 16.9 Å². The lowest BCUT2D eigenvalue weighted by molar-refractivity contribution is -0.387. The number of nitro groups is 1. The Morgan fingerprint density at radius 1 is 1.16 bits per heavy atom. The molecule has 0 fully saturated rings. The van der Waals surface area contributed by atoms with Crippen molar-refractivity contribution >= 4 is 17.4 Å². The number of nitro benzene ring substituents is 1. The molecule has 4 nitrogen and oxygen atoms in total. The predicted molar refractivity (Wildman–Crippen MR) is 75.7 cm³/mol. The van der Waals surface area contributed by atoms with E-state index in [1.54, 1.807) is 19.2 Å². The molecule has 0 amide bonds. The molecule has 5 heteroatoms. The Hall–Kier alpha value is -2.01. The van der Waals surface area contributed by atoms with Crippen LogP contribution in [0.5, 0.6) is 5.75 Å². The summed E-state index contributed by atoms with van der Waals surface area (Å²) in [5, 5.41) is 10.9. The second-order valence-electron chi connectivity index (χ2n) is 3.86. The molecule has 0 heterocycles. The number of hydrogen-bond acceptors (Lipinski definition) is 4. The van der Waals surface area contributed by atoms with E-state index in [4.69, 9.17) is 4.74 Å². The molecule has 0 unspecified atom stereocenters. The molecule has 0 saturated carbocycles. The third kappa shape index (κ3) is 3.48. The lowest BCUT2D eigenvalue weighted by atomic mass is 10.2. The van der Waals surface area contributed by atoms with Gasteiger partial charge in [-0.25, -0.2) is 0 Å². The Morgan fingerprint density at radius 2 is 1.84 bits per heavy atom. The number of methoxy groups -OCH3 is 1. The van der Waals surface area contributed by atoms with Crippen molar-refractivity contribution in [2.24, 2.45) is 0 Å². The van der Waals surface area contributed by atoms with Crippen LogP contribution in [-0.2, 0) is 5.75 Å². The summed E-state index contributed by atoms with van der Waals surface area (Å²) < 4.78 is 5.09. The van der Waals surface area contributed by atoms with Crippen LogP contribution in [-0.4, -0.2) is 12.0 Å². The van der Waals surface area contributed by atoms with Gasteiger partial charge in [-0.2, -0.15) is 0 Å². The first-order valence-corrected chi connectivity index (χ1v) is 6.68. The number of ether oxygens (including phenoxy) is 1. The number of rotatable bonds is 5. The van der Waals surface area contributed by atoms with Gasteiger partial charge in [0.25, 0.3) is 5.69 Å². The molecule has 0 bridgehead atoms. The minimum absolute atomic E-state index is 0.154. The van der Waals surface area contributed by atoms with Crippen LogP contribution in [0.2, 0.25) is 0 Å². The van der Waals surface area contributed by atoms with Gasteiger partial charge in [0.15, 0.2) is 0 Å². The summed E-state index contributed by atoms with van der Waals surface area (Å²) in [5.41, 5.74) is 1.25. The minimum Gasteiger partial charge on any atom is -0.497 e. The zero-order valence-electron chi connectivity index (χ0n) is 10.4. The van der Waals surface area contributed by atoms with Crippen molar-refractivity contribution in [2.45, 2.75) is 10.6 Å². The average Bonchev–Trinajstić information content (AvgIpc) is 2.46. The van der Waals surface area contributed by atoms with Crippen LogP contribution in [0.1, 0.15) is 5.56 Å². The normalized spacial score (nSPS) is 10.2. The van der Waals surface area contributed by atoms with Crippen LogP contribution in [0, 0.1) is 10.1 Å². The molecular weight excluding hydrogens is 262 g/mol. The van der Waals surface area contributed by atoms with Gasteiger partial charge in [0.1, 0.15) is 5.75 Å². The fourth-order valence-corrected chi connectivity index (χ4v) is 2.59. The Morgan fingerprint density at radius 3 is 2.47 bits per heavy atom. The van der Waals surface area contributed by atoms with E-state index >= 15 is 0 Å². The van der Waals surface area contributed by atoms with E-state index < -0.39 is 0 Å². The molecule has 2 aromatic carbocycles. The Balaban J connectivity index is 2.07. The first kappa shape index (κ1) is 13.4. The molecule has 2 aromatic rings. The van der Waals surface area contributed by atoms with Crippen LogP contribution in [0.3, 0.4) is 0 Å². The van der Waals surface area contributed by atoms with Crippen molar-refractivity contribution in [3.8, 4) is 5.75 Å². The lowest BCUT2D eigenvalue weighted by Gasteiger charge is -2.04. The van der Waals surface area contributed by atoms with Crippen molar-refractivity contribution in [3.05, 3.63) is 64.2 Å². The van der Waals surface area contributed by atoms with Gasteiger partial charge in [-0.05, 0) is 23.8 Å². The van der Waals surface area contributed by atoms with Gasteiger partial charge >= 0.3 is 0 Å². The van der Waals surface area contributed by atoms with Gasteiger partial charge in [0.2, 0.25) is 0 Å². The van der Waals surface area contributed by atoms with Crippen LogP contribution in [0.15, 0.2) is 53.4 Å². The van der Waals surface area contributed by atoms with E-state index in [1.165, 1.54) is 17.8 Å². The van der Waals surface area contributed by atoms with Gasteiger partial charge in [-0.3, -0.25) is 10.1 Å². The minimum atomic E-state index is -0.351. The molecule has 2 rings (SSSR count). The predicted octanol–water partition coefficient (Wildman–Crippen LogP) is 3.90. The highest BCUT2D eigenvalue weighted by atomic mass is 32.2. The van der Waals surface area contributed by atoms with Gasteiger partial charge in [-0.15, -0.1) is 11.8 Å². The second kappa shape index (κ2) is 6.24. The zero-order chi connectivity index (χ0) is 13.7. The van der Waals surface area contributed by atoms with Crippen molar-refractivity contribution in [1.29, 1.82) is 0 Å². The third-order valence-corrected chi connectivity index (χ3v) is 3.75. The molecule has 0 spiro atoms. The summed E-state index contributed by atoms with van der Waals surface area (Å²) in [6.45, 7) is 0. The molecule has 0 saturated heterocycles. The van der Waals surface area contributed by atoms with Crippen LogP contribution < -0.4 is 4.74 Å². The van der Waals surface area contributed by atoms with Crippen molar-refractivity contribution in [2.75, 3.05) is 7.11 Å². The largest absolute Gasteiger partial charge is 0.497 e. The lowest BCUT2D eigenvalue weighted by Crippen LogP contribution is -1.90. The maximum atomic E-state index is 10.9. The number of thioether (sulfide) groups is 1. The molecule has 0 radical (unpaired) electrons. The van der Waals surface area contributed by atoms with Gasteiger partial charge in [0, 0.05) is 11.8 Å². The van der Waals surface area contributed by atoms with Crippen LogP contribution >= 0.6 is 11.8 Å². The number of nitrogens with zero attached hydrogens (tertiary/aromatic N) is 1. The first-order chi connectivity index (χ1) is 9.20. The molecule has 0 aliphatic heterocycles. The maximum absolute atomic E-state index is 10.9. The molecule has 19 heavy (non-hydrogen) atoms. The van der Waals surface area contributed by atoms with E-state index in [0.29, 0.717) is 10.6 Å². The van der Waals surface area contributed by atoms with Crippen molar-refractivity contribution in [3.63, 3.8) is 0 Å². The quantitative estimate of drug-likeness (QED) is 0.472. The molecule has 0 aliphatic rings. The van der Waals surface area contributed by atoms with Gasteiger partial charge in [-0.1, -0.05) is 24.3 Å². The Labute approximate surface area is 115 Å². The fraction of sp³-hybridized carbons (Fsp3) is 0.143. The molecular formula is C14H13NO3S. The summed E-state index contributed by atoms with van der Waals surface area (Å²) in [4.78, 5) is 11.2. The van der Waals surface area contributed by atoms with Crippen molar-refractivity contribution < 1.29 is 9.66 Å². The highest BCUT2D eigenvalue weighted by molar-refractivity contribution is 7.98. The number of benzene rings is 2. The number of hydrogen-bond donors (Lipinski definition) is 0. The summed E-state index contributed by atoms with van der Waals surface area (Å²) in [7, 11) is 1.62. The summed E-state index contributed by atoms with van der Waals surface area (Å²) in [6, 6.07) is 14.5. The van der Waals surface area contributed by atoms with E-state index in [0.717, 1.165) is 11.3 Å². The first-order valence-electron chi connectivity index (χ1n) is 5.70. The molecule has 0 aromatic heterocycles. The van der Waals surface area contributed by atoms with E-state index in [9.17, 15) is 10.1 Å². The SMILES string of the molecule is COc1ccc(CSc2ccccc2[N+](=O)[O-])cc1. The summed E-state index contributed by atoms with van der Waals surface area (Å²) in [5.74, 6) is 1.49.